The first-order chi connectivity index (χ1) is 13.0. The summed E-state index contributed by atoms with van der Waals surface area (Å²) in [5, 5.41) is 3.06. The molecular weight excluding hydrogens is 338 g/mol. The van der Waals surface area contributed by atoms with Crippen molar-refractivity contribution in [2.75, 3.05) is 13.2 Å². The van der Waals surface area contributed by atoms with E-state index in [1.165, 1.54) is 5.56 Å². The molecule has 0 aliphatic carbocycles. The lowest BCUT2D eigenvalue weighted by atomic mass is 10.1. The van der Waals surface area contributed by atoms with Crippen LogP contribution in [0.5, 0.6) is 0 Å². The van der Waals surface area contributed by atoms with Crippen LogP contribution in [0.1, 0.15) is 40.8 Å². The van der Waals surface area contributed by atoms with Gasteiger partial charge in [0, 0.05) is 38.1 Å². The second-order valence-corrected chi connectivity index (χ2v) is 7.42. The highest BCUT2D eigenvalue weighted by Crippen LogP contribution is 2.16. The lowest BCUT2D eigenvalue weighted by Gasteiger charge is -2.26. The molecule has 1 fully saturated rings. The predicted molar refractivity (Wildman–Crippen MR) is 107 cm³/mol. The molecule has 0 saturated carbocycles. The monoisotopic (exact) mass is 367 g/mol. The van der Waals surface area contributed by atoms with Crippen molar-refractivity contribution >= 4 is 6.03 Å². The molecule has 5 heteroatoms. The summed E-state index contributed by atoms with van der Waals surface area (Å²) in [5.74, 6) is 0. The Kier molecular flexibility index (Phi) is 6.45. The zero-order chi connectivity index (χ0) is 19.2. The number of nitrogens with one attached hydrogen (secondary N) is 1. The molecule has 5 nitrogen and oxygen atoms in total. The number of carbonyl (C=O) groups is 1. The van der Waals surface area contributed by atoms with E-state index in [-0.39, 0.29) is 12.1 Å². The highest BCUT2D eigenvalue weighted by molar-refractivity contribution is 5.74. The first-order valence-corrected chi connectivity index (χ1v) is 9.63. The highest BCUT2D eigenvalue weighted by atomic mass is 16.5. The van der Waals surface area contributed by atoms with E-state index < -0.39 is 0 Å². The summed E-state index contributed by atoms with van der Waals surface area (Å²) < 4.78 is 5.76. The molecule has 0 bridgehead atoms. The van der Waals surface area contributed by atoms with E-state index in [0.29, 0.717) is 19.6 Å². The van der Waals surface area contributed by atoms with Gasteiger partial charge in [-0.05, 0) is 56.4 Å². The molecule has 1 saturated heterocycles. The van der Waals surface area contributed by atoms with Gasteiger partial charge in [-0.2, -0.15) is 0 Å². The van der Waals surface area contributed by atoms with Crippen molar-refractivity contribution in [1.82, 2.24) is 15.2 Å². The normalized spacial score (nSPS) is 16.3. The molecule has 1 aromatic carbocycles. The lowest BCUT2D eigenvalue weighted by Crippen LogP contribution is -2.43. The van der Waals surface area contributed by atoms with Gasteiger partial charge in [-0.15, -0.1) is 0 Å². The summed E-state index contributed by atoms with van der Waals surface area (Å²) in [7, 11) is 0. The lowest BCUT2D eigenvalue weighted by molar-refractivity contribution is 0.0794. The van der Waals surface area contributed by atoms with Crippen LogP contribution >= 0.6 is 0 Å². The zero-order valence-electron chi connectivity index (χ0n) is 16.5. The van der Waals surface area contributed by atoms with Crippen LogP contribution in [0.2, 0.25) is 0 Å². The molecule has 0 radical (unpaired) electrons. The maximum atomic E-state index is 12.9. The molecule has 1 aliphatic heterocycles. The van der Waals surface area contributed by atoms with Gasteiger partial charge in [0.15, 0.2) is 0 Å². The van der Waals surface area contributed by atoms with Gasteiger partial charge < -0.3 is 15.0 Å². The predicted octanol–water partition coefficient (Wildman–Crippen LogP) is 3.90. The van der Waals surface area contributed by atoms with Crippen molar-refractivity contribution in [3.63, 3.8) is 0 Å². The Morgan fingerprint density at radius 3 is 2.85 bits per heavy atom. The SMILES string of the molecule is Cc1cccc(CN(C[C@@H]2CCCO2)C(=O)NCc2cnc(C)cc2C)c1. The smallest absolute Gasteiger partial charge is 0.318 e. The van der Waals surface area contributed by atoms with E-state index in [1.807, 2.05) is 37.1 Å². The number of hydrogen-bond acceptors (Lipinski definition) is 3. The van der Waals surface area contributed by atoms with Gasteiger partial charge in [0.2, 0.25) is 0 Å². The fourth-order valence-electron chi connectivity index (χ4n) is 3.48. The van der Waals surface area contributed by atoms with Gasteiger partial charge in [0.25, 0.3) is 0 Å². The minimum absolute atomic E-state index is 0.0630. The van der Waals surface area contributed by atoms with Crippen molar-refractivity contribution in [2.24, 2.45) is 0 Å². The van der Waals surface area contributed by atoms with Crippen molar-refractivity contribution in [1.29, 1.82) is 0 Å². The summed E-state index contributed by atoms with van der Waals surface area (Å²) in [6.07, 6.45) is 4.05. The maximum absolute atomic E-state index is 12.9. The molecule has 0 spiro atoms. The highest BCUT2D eigenvalue weighted by Gasteiger charge is 2.23. The van der Waals surface area contributed by atoms with E-state index in [9.17, 15) is 4.79 Å². The largest absolute Gasteiger partial charge is 0.376 e. The Hall–Kier alpha value is -2.40. The molecule has 2 heterocycles. The van der Waals surface area contributed by atoms with Crippen molar-refractivity contribution in [3.8, 4) is 0 Å². The molecule has 2 aromatic rings. The van der Waals surface area contributed by atoms with E-state index >= 15 is 0 Å². The van der Waals surface area contributed by atoms with Crippen LogP contribution in [0.25, 0.3) is 0 Å². The number of carbonyl (C=O) groups excluding carboxylic acids is 1. The second kappa shape index (κ2) is 9.00. The van der Waals surface area contributed by atoms with Crippen LogP contribution < -0.4 is 5.32 Å². The van der Waals surface area contributed by atoms with Crippen molar-refractivity contribution in [3.05, 3.63) is 64.5 Å². The second-order valence-electron chi connectivity index (χ2n) is 7.42. The van der Waals surface area contributed by atoms with Gasteiger partial charge in [-0.1, -0.05) is 29.8 Å². The molecule has 1 aromatic heterocycles. The number of amides is 2. The van der Waals surface area contributed by atoms with E-state index in [1.54, 1.807) is 0 Å². The number of hydrogen-bond donors (Lipinski definition) is 1. The number of aromatic nitrogens is 1. The third-order valence-electron chi connectivity index (χ3n) is 4.98. The number of nitrogens with zero attached hydrogens (tertiary/aromatic N) is 2. The summed E-state index contributed by atoms with van der Waals surface area (Å²) >= 11 is 0. The molecule has 27 heavy (non-hydrogen) atoms. The molecule has 3 rings (SSSR count). The van der Waals surface area contributed by atoms with E-state index in [2.05, 4.69) is 35.4 Å². The number of pyridine rings is 1. The molecule has 1 N–H and O–H groups in total. The average Bonchev–Trinajstić information content (AvgIpc) is 3.13. The molecule has 144 valence electrons. The summed E-state index contributed by atoms with van der Waals surface area (Å²) in [5.41, 5.74) is 5.51. The summed E-state index contributed by atoms with van der Waals surface area (Å²) in [6.45, 7) is 8.56. The number of benzene rings is 1. The average molecular weight is 367 g/mol. The van der Waals surface area contributed by atoms with Gasteiger partial charge in [-0.25, -0.2) is 4.79 Å². The van der Waals surface area contributed by atoms with E-state index in [0.717, 1.165) is 41.8 Å². The number of urea groups is 1. The van der Waals surface area contributed by atoms with Gasteiger partial charge in [0.05, 0.1) is 6.10 Å². The van der Waals surface area contributed by atoms with Gasteiger partial charge >= 0.3 is 6.03 Å². The first kappa shape index (κ1) is 19.4. The number of aryl methyl sites for hydroxylation is 3. The summed E-state index contributed by atoms with van der Waals surface area (Å²) in [4.78, 5) is 19.1. The third-order valence-corrected chi connectivity index (χ3v) is 4.98. The van der Waals surface area contributed by atoms with Crippen molar-refractivity contribution < 1.29 is 9.53 Å². The fourth-order valence-corrected chi connectivity index (χ4v) is 3.48. The summed E-state index contributed by atoms with van der Waals surface area (Å²) in [6, 6.07) is 10.3. The standard InChI is InChI=1S/C22H29N3O2/c1-16-6-4-7-19(10-16)14-25(15-21-8-5-9-27-21)22(26)24-13-20-12-23-18(3)11-17(20)2/h4,6-7,10-12,21H,5,8-9,13-15H2,1-3H3,(H,24,26)/t21-/m0/s1. The molecule has 1 aliphatic rings. The quantitative estimate of drug-likeness (QED) is 0.842. The van der Waals surface area contributed by atoms with Crippen LogP contribution in [0, 0.1) is 20.8 Å². The number of rotatable bonds is 6. The minimum atomic E-state index is -0.0630. The topological polar surface area (TPSA) is 54.5 Å². The van der Waals surface area contributed by atoms with Crippen LogP contribution in [-0.4, -0.2) is 35.2 Å². The Labute approximate surface area is 161 Å². The Balaban J connectivity index is 1.67. The minimum Gasteiger partial charge on any atom is -0.376 e. The van der Waals surface area contributed by atoms with Crippen LogP contribution in [0.4, 0.5) is 4.79 Å². The van der Waals surface area contributed by atoms with Crippen LogP contribution in [-0.2, 0) is 17.8 Å². The van der Waals surface area contributed by atoms with Crippen LogP contribution in [0.15, 0.2) is 36.5 Å². The Morgan fingerprint density at radius 2 is 2.15 bits per heavy atom. The third kappa shape index (κ3) is 5.54. The van der Waals surface area contributed by atoms with Gasteiger partial charge in [-0.3, -0.25) is 4.98 Å². The van der Waals surface area contributed by atoms with Crippen LogP contribution in [0.3, 0.4) is 0 Å². The Morgan fingerprint density at radius 1 is 1.30 bits per heavy atom. The van der Waals surface area contributed by atoms with Gasteiger partial charge in [0.1, 0.15) is 0 Å². The molecule has 2 amide bonds. The zero-order valence-corrected chi connectivity index (χ0v) is 16.5. The molecule has 1 atom stereocenters. The molecular formula is C22H29N3O2. The maximum Gasteiger partial charge on any atom is 0.318 e. The first-order valence-electron chi connectivity index (χ1n) is 9.63. The van der Waals surface area contributed by atoms with Crippen molar-refractivity contribution in [2.45, 2.75) is 52.8 Å². The Bertz CT molecular complexity index is 785. The number of ether oxygens (including phenoxy) is 1. The fraction of sp³-hybridized carbons (Fsp3) is 0.455. The van der Waals surface area contributed by atoms with E-state index in [4.69, 9.17) is 4.74 Å². The molecule has 0 unspecified atom stereocenters.